The van der Waals surface area contributed by atoms with Gasteiger partial charge in [-0.2, -0.15) is 4.98 Å². The number of hydrogen-bond acceptors (Lipinski definition) is 3. The highest BCUT2D eigenvalue weighted by atomic mass is 16.5. The maximum atomic E-state index is 11.5. The first kappa shape index (κ1) is 11.6. The van der Waals surface area contributed by atoms with Gasteiger partial charge >= 0.3 is 5.69 Å². The van der Waals surface area contributed by atoms with Crippen molar-refractivity contribution in [1.29, 1.82) is 0 Å². The summed E-state index contributed by atoms with van der Waals surface area (Å²) >= 11 is 0. The van der Waals surface area contributed by atoms with Crippen LogP contribution in [0.25, 0.3) is 10.9 Å². The Labute approximate surface area is 99.7 Å². The number of methoxy groups -OCH3 is 1. The number of ether oxygens (including phenoxy) is 1. The van der Waals surface area contributed by atoms with E-state index < -0.39 is 0 Å². The Bertz CT molecular complexity index is 609. The molecule has 0 bridgehead atoms. The molecule has 1 N–H and O–H groups in total. The predicted octanol–water partition coefficient (Wildman–Crippen LogP) is 2.23. The second-order valence-corrected chi connectivity index (χ2v) is 5.05. The Hall–Kier alpha value is -1.84. The molecule has 1 aromatic heterocycles. The molecule has 2 rings (SSSR count). The van der Waals surface area contributed by atoms with Crippen molar-refractivity contribution in [2.45, 2.75) is 26.2 Å². The number of H-pyrrole nitrogens is 1. The van der Waals surface area contributed by atoms with Crippen LogP contribution in [-0.2, 0) is 5.41 Å². The molecule has 4 heteroatoms. The van der Waals surface area contributed by atoms with Crippen molar-refractivity contribution in [3.8, 4) is 5.75 Å². The maximum absolute atomic E-state index is 11.5. The molecule has 0 aliphatic rings. The minimum Gasteiger partial charge on any atom is -0.497 e. The van der Waals surface area contributed by atoms with Crippen LogP contribution in [0.4, 0.5) is 0 Å². The van der Waals surface area contributed by atoms with E-state index in [-0.39, 0.29) is 11.1 Å². The molecule has 0 aliphatic carbocycles. The summed E-state index contributed by atoms with van der Waals surface area (Å²) in [7, 11) is 1.60. The number of hydrogen-bond donors (Lipinski definition) is 1. The summed E-state index contributed by atoms with van der Waals surface area (Å²) in [6, 6.07) is 5.58. The Morgan fingerprint density at radius 2 is 2.00 bits per heavy atom. The molecule has 90 valence electrons. The molecule has 0 amide bonds. The van der Waals surface area contributed by atoms with Gasteiger partial charge in [0.15, 0.2) is 0 Å². The largest absolute Gasteiger partial charge is 0.497 e. The van der Waals surface area contributed by atoms with E-state index in [1.54, 1.807) is 13.2 Å². The van der Waals surface area contributed by atoms with Gasteiger partial charge in [0.2, 0.25) is 0 Å². The fourth-order valence-corrected chi connectivity index (χ4v) is 1.85. The van der Waals surface area contributed by atoms with Gasteiger partial charge in [0.25, 0.3) is 0 Å². The standard InChI is InChI=1S/C13H16N2O2/c1-13(2,3)11-9-6-5-8(17-4)7-10(9)14-12(16)15-11/h5-7H,1-4H3,(H,14,15,16). The van der Waals surface area contributed by atoms with Crippen molar-refractivity contribution in [2.24, 2.45) is 0 Å². The molecule has 0 fully saturated rings. The van der Waals surface area contributed by atoms with E-state index >= 15 is 0 Å². The third-order valence-corrected chi connectivity index (χ3v) is 2.68. The zero-order valence-electron chi connectivity index (χ0n) is 10.5. The minimum atomic E-state index is -0.323. The monoisotopic (exact) mass is 232 g/mol. The molecule has 0 radical (unpaired) electrons. The molecule has 2 aromatic rings. The molecular weight excluding hydrogens is 216 g/mol. The molecule has 1 heterocycles. The average Bonchev–Trinajstić information content (AvgIpc) is 2.25. The highest BCUT2D eigenvalue weighted by molar-refractivity contribution is 5.82. The number of rotatable bonds is 1. The fraction of sp³-hybridized carbons (Fsp3) is 0.385. The lowest BCUT2D eigenvalue weighted by atomic mass is 9.89. The van der Waals surface area contributed by atoms with Gasteiger partial charge in [-0.3, -0.25) is 0 Å². The van der Waals surface area contributed by atoms with Gasteiger partial charge in [-0.1, -0.05) is 20.8 Å². The van der Waals surface area contributed by atoms with E-state index in [1.807, 2.05) is 12.1 Å². The smallest absolute Gasteiger partial charge is 0.345 e. The first-order valence-corrected chi connectivity index (χ1v) is 5.50. The van der Waals surface area contributed by atoms with Gasteiger partial charge in [0.05, 0.1) is 12.6 Å². The molecule has 0 unspecified atom stereocenters. The normalized spacial score (nSPS) is 11.8. The summed E-state index contributed by atoms with van der Waals surface area (Å²) in [6.07, 6.45) is 0. The quantitative estimate of drug-likeness (QED) is 0.820. The summed E-state index contributed by atoms with van der Waals surface area (Å²) in [4.78, 5) is 18.3. The van der Waals surface area contributed by atoms with Crippen LogP contribution < -0.4 is 10.4 Å². The lowest BCUT2D eigenvalue weighted by Gasteiger charge is -2.20. The van der Waals surface area contributed by atoms with Crippen molar-refractivity contribution >= 4 is 10.9 Å². The molecule has 0 saturated carbocycles. The number of aromatic nitrogens is 2. The third kappa shape index (κ3) is 2.16. The van der Waals surface area contributed by atoms with Gasteiger partial charge in [-0.25, -0.2) is 4.79 Å². The second kappa shape index (κ2) is 3.87. The lowest BCUT2D eigenvalue weighted by molar-refractivity contribution is 0.415. The van der Waals surface area contributed by atoms with Crippen LogP contribution in [0.15, 0.2) is 23.0 Å². The Balaban J connectivity index is 2.82. The summed E-state index contributed by atoms with van der Waals surface area (Å²) in [5.41, 5.74) is 1.11. The number of nitrogens with one attached hydrogen (secondary N) is 1. The van der Waals surface area contributed by atoms with Crippen LogP contribution in [0.5, 0.6) is 5.75 Å². The summed E-state index contributed by atoms with van der Waals surface area (Å²) < 4.78 is 5.14. The van der Waals surface area contributed by atoms with Gasteiger partial charge in [0, 0.05) is 22.6 Å². The highest BCUT2D eigenvalue weighted by Gasteiger charge is 2.19. The molecule has 0 atom stereocenters. The molecule has 4 nitrogen and oxygen atoms in total. The SMILES string of the molecule is COc1ccc2c(C(C)(C)C)[nH]c(=O)nc2c1. The topological polar surface area (TPSA) is 55.0 Å². The summed E-state index contributed by atoms with van der Waals surface area (Å²) in [5.74, 6) is 0.704. The summed E-state index contributed by atoms with van der Waals surface area (Å²) in [5, 5.41) is 0.956. The van der Waals surface area contributed by atoms with Crippen molar-refractivity contribution < 1.29 is 4.74 Å². The van der Waals surface area contributed by atoms with Crippen LogP contribution in [0.1, 0.15) is 26.5 Å². The van der Waals surface area contributed by atoms with Crippen molar-refractivity contribution in [3.05, 3.63) is 34.4 Å². The first-order chi connectivity index (χ1) is 7.91. The maximum Gasteiger partial charge on any atom is 0.345 e. The molecule has 1 aromatic carbocycles. The van der Waals surface area contributed by atoms with Crippen molar-refractivity contribution in [2.75, 3.05) is 7.11 Å². The Kier molecular flexibility index (Phi) is 2.65. The predicted molar refractivity (Wildman–Crippen MR) is 67.6 cm³/mol. The highest BCUT2D eigenvalue weighted by Crippen LogP contribution is 2.27. The average molecular weight is 232 g/mol. The van der Waals surface area contributed by atoms with E-state index in [0.717, 1.165) is 11.1 Å². The molecule has 0 aliphatic heterocycles. The number of nitrogens with zero attached hydrogens (tertiary/aromatic N) is 1. The zero-order valence-corrected chi connectivity index (χ0v) is 10.5. The number of aromatic amines is 1. The van der Waals surface area contributed by atoms with Gasteiger partial charge < -0.3 is 9.72 Å². The first-order valence-electron chi connectivity index (χ1n) is 5.50. The van der Waals surface area contributed by atoms with Gasteiger partial charge in [-0.15, -0.1) is 0 Å². The molecule has 17 heavy (non-hydrogen) atoms. The van der Waals surface area contributed by atoms with Crippen LogP contribution >= 0.6 is 0 Å². The molecule has 0 spiro atoms. The third-order valence-electron chi connectivity index (χ3n) is 2.68. The van der Waals surface area contributed by atoms with E-state index in [2.05, 4.69) is 30.7 Å². The van der Waals surface area contributed by atoms with Crippen LogP contribution in [0.3, 0.4) is 0 Å². The van der Waals surface area contributed by atoms with Gasteiger partial charge in [0.1, 0.15) is 5.75 Å². The van der Waals surface area contributed by atoms with Crippen LogP contribution in [-0.4, -0.2) is 17.1 Å². The van der Waals surface area contributed by atoms with E-state index in [9.17, 15) is 4.79 Å². The van der Waals surface area contributed by atoms with Crippen molar-refractivity contribution in [1.82, 2.24) is 9.97 Å². The van der Waals surface area contributed by atoms with Crippen LogP contribution in [0, 0.1) is 0 Å². The number of fused-ring (bicyclic) bond motifs is 1. The minimum absolute atomic E-state index is 0.130. The fourth-order valence-electron chi connectivity index (χ4n) is 1.85. The van der Waals surface area contributed by atoms with E-state index in [4.69, 9.17) is 4.74 Å². The lowest BCUT2D eigenvalue weighted by Crippen LogP contribution is -2.22. The Morgan fingerprint density at radius 1 is 1.29 bits per heavy atom. The zero-order chi connectivity index (χ0) is 12.6. The number of benzene rings is 1. The Morgan fingerprint density at radius 3 is 2.59 bits per heavy atom. The summed E-state index contributed by atoms with van der Waals surface area (Å²) in [6.45, 7) is 6.17. The van der Waals surface area contributed by atoms with E-state index in [0.29, 0.717) is 11.3 Å². The van der Waals surface area contributed by atoms with E-state index in [1.165, 1.54) is 0 Å². The molecule has 0 saturated heterocycles. The second-order valence-electron chi connectivity index (χ2n) is 5.05. The van der Waals surface area contributed by atoms with Crippen LogP contribution in [0.2, 0.25) is 0 Å². The van der Waals surface area contributed by atoms with Gasteiger partial charge in [-0.05, 0) is 12.1 Å². The van der Waals surface area contributed by atoms with Crippen molar-refractivity contribution in [3.63, 3.8) is 0 Å². The molecular formula is C13H16N2O2.